The maximum absolute atomic E-state index is 14.4. The van der Waals surface area contributed by atoms with Gasteiger partial charge in [-0.2, -0.15) is 0 Å². The average Bonchev–Trinajstić information content (AvgIpc) is 3.01. The SMILES string of the molecule is CCCNC(=O)C(Cc1ccccc1)N(Cc1cccc(Cl)c1)C(=O)CN(c1ccccc1)S(=O)(=O)c1ccc(C)cc1. The minimum atomic E-state index is -4.13. The maximum atomic E-state index is 14.4. The zero-order valence-electron chi connectivity index (χ0n) is 24.3. The summed E-state index contributed by atoms with van der Waals surface area (Å²) >= 11 is 6.28. The second-order valence-corrected chi connectivity index (χ2v) is 12.6. The van der Waals surface area contributed by atoms with Crippen molar-refractivity contribution in [1.82, 2.24) is 10.2 Å². The molecule has 0 aliphatic rings. The Morgan fingerprint density at radius 3 is 2.09 bits per heavy atom. The molecule has 4 rings (SSSR count). The summed E-state index contributed by atoms with van der Waals surface area (Å²) in [5.41, 5.74) is 2.84. The van der Waals surface area contributed by atoms with Gasteiger partial charge in [-0.1, -0.05) is 96.9 Å². The van der Waals surface area contributed by atoms with E-state index in [1.165, 1.54) is 17.0 Å². The number of aryl methyl sites for hydroxylation is 1. The van der Waals surface area contributed by atoms with Gasteiger partial charge in [0.15, 0.2) is 0 Å². The Balaban J connectivity index is 1.78. The van der Waals surface area contributed by atoms with E-state index in [1.807, 2.05) is 50.2 Å². The van der Waals surface area contributed by atoms with E-state index in [4.69, 9.17) is 11.6 Å². The van der Waals surface area contributed by atoms with Crippen LogP contribution in [0.5, 0.6) is 0 Å². The van der Waals surface area contributed by atoms with Crippen LogP contribution in [0.15, 0.2) is 114 Å². The third kappa shape index (κ3) is 8.46. The third-order valence-corrected chi connectivity index (χ3v) is 9.02. The molecule has 0 spiro atoms. The smallest absolute Gasteiger partial charge is 0.264 e. The quantitative estimate of drug-likeness (QED) is 0.199. The molecule has 2 amide bonds. The van der Waals surface area contributed by atoms with Crippen LogP contribution in [0.2, 0.25) is 5.02 Å². The molecule has 0 aromatic heterocycles. The second kappa shape index (κ2) is 14.8. The molecular weight excluding hydrogens is 582 g/mol. The molecule has 0 heterocycles. The number of hydrogen-bond donors (Lipinski definition) is 1. The van der Waals surface area contributed by atoms with Gasteiger partial charge < -0.3 is 10.2 Å². The number of amides is 2. The van der Waals surface area contributed by atoms with Gasteiger partial charge in [0.1, 0.15) is 12.6 Å². The standard InChI is InChI=1S/C34H36ClN3O4S/c1-3-21-36-34(40)32(23-27-11-6-4-7-12-27)37(24-28-13-10-14-29(35)22-28)33(39)25-38(30-15-8-5-9-16-30)43(41,42)31-19-17-26(2)18-20-31/h4-20,22,32H,3,21,23-25H2,1-2H3,(H,36,40). The van der Waals surface area contributed by atoms with E-state index < -0.39 is 28.5 Å². The summed E-state index contributed by atoms with van der Waals surface area (Å²) in [6.45, 7) is 3.83. The van der Waals surface area contributed by atoms with Crippen molar-refractivity contribution in [3.63, 3.8) is 0 Å². The fourth-order valence-corrected chi connectivity index (χ4v) is 6.34. The van der Waals surface area contributed by atoms with Gasteiger partial charge in [-0.3, -0.25) is 13.9 Å². The Morgan fingerprint density at radius 2 is 1.47 bits per heavy atom. The molecule has 224 valence electrons. The van der Waals surface area contributed by atoms with Crippen molar-refractivity contribution in [2.45, 2.75) is 44.2 Å². The Morgan fingerprint density at radius 1 is 0.837 bits per heavy atom. The molecule has 0 saturated heterocycles. The van der Waals surface area contributed by atoms with Crippen molar-refractivity contribution in [3.05, 3.63) is 131 Å². The average molecular weight is 618 g/mol. The van der Waals surface area contributed by atoms with E-state index in [2.05, 4.69) is 5.32 Å². The normalized spacial score (nSPS) is 11.9. The van der Waals surface area contributed by atoms with Gasteiger partial charge in [0.05, 0.1) is 10.6 Å². The molecular formula is C34H36ClN3O4S. The van der Waals surface area contributed by atoms with E-state index in [-0.39, 0.29) is 23.8 Å². The fourth-order valence-electron chi connectivity index (χ4n) is 4.71. The first-order valence-electron chi connectivity index (χ1n) is 14.2. The molecule has 1 N–H and O–H groups in total. The maximum Gasteiger partial charge on any atom is 0.264 e. The Bertz CT molecular complexity index is 1610. The summed E-state index contributed by atoms with van der Waals surface area (Å²) < 4.78 is 29.1. The summed E-state index contributed by atoms with van der Waals surface area (Å²) in [6.07, 6.45) is 0.974. The zero-order chi connectivity index (χ0) is 30.8. The highest BCUT2D eigenvalue weighted by molar-refractivity contribution is 7.92. The molecule has 1 atom stereocenters. The van der Waals surface area contributed by atoms with Crippen molar-refractivity contribution >= 4 is 39.1 Å². The molecule has 0 saturated carbocycles. The number of nitrogens with one attached hydrogen (secondary N) is 1. The molecule has 4 aromatic rings. The van der Waals surface area contributed by atoms with Crippen LogP contribution in [-0.4, -0.2) is 44.3 Å². The monoisotopic (exact) mass is 617 g/mol. The number of carbonyl (C=O) groups excluding carboxylic acids is 2. The summed E-state index contributed by atoms with van der Waals surface area (Å²) in [7, 11) is -4.13. The van der Waals surface area contributed by atoms with E-state index in [9.17, 15) is 18.0 Å². The molecule has 4 aromatic carbocycles. The van der Waals surface area contributed by atoms with E-state index in [0.29, 0.717) is 17.3 Å². The molecule has 0 radical (unpaired) electrons. The lowest BCUT2D eigenvalue weighted by Gasteiger charge is -2.34. The number of hydrogen-bond acceptors (Lipinski definition) is 4. The molecule has 0 aliphatic heterocycles. The highest BCUT2D eigenvalue weighted by Gasteiger charge is 2.34. The minimum absolute atomic E-state index is 0.0592. The molecule has 0 aliphatic carbocycles. The van der Waals surface area contributed by atoms with Gasteiger partial charge in [-0.05, 0) is 60.9 Å². The largest absolute Gasteiger partial charge is 0.354 e. The van der Waals surface area contributed by atoms with Crippen molar-refractivity contribution in [2.24, 2.45) is 0 Å². The molecule has 7 nitrogen and oxygen atoms in total. The number of nitrogens with zero attached hydrogens (tertiary/aromatic N) is 2. The highest BCUT2D eigenvalue weighted by Crippen LogP contribution is 2.25. The van der Waals surface area contributed by atoms with E-state index in [0.717, 1.165) is 27.4 Å². The fraction of sp³-hybridized carbons (Fsp3) is 0.235. The first-order chi connectivity index (χ1) is 20.7. The first kappa shape index (κ1) is 31.8. The van der Waals surface area contributed by atoms with Crippen LogP contribution in [0.25, 0.3) is 0 Å². The predicted octanol–water partition coefficient (Wildman–Crippen LogP) is 6.01. The molecule has 9 heteroatoms. The van der Waals surface area contributed by atoms with Crippen LogP contribution in [0.3, 0.4) is 0 Å². The summed E-state index contributed by atoms with van der Waals surface area (Å²) in [4.78, 5) is 29.5. The molecule has 1 unspecified atom stereocenters. The van der Waals surface area contributed by atoms with Crippen molar-refractivity contribution < 1.29 is 18.0 Å². The third-order valence-electron chi connectivity index (χ3n) is 6.99. The van der Waals surface area contributed by atoms with E-state index in [1.54, 1.807) is 60.7 Å². The lowest BCUT2D eigenvalue weighted by molar-refractivity contribution is -0.140. The van der Waals surface area contributed by atoms with Gasteiger partial charge in [0.2, 0.25) is 11.8 Å². The van der Waals surface area contributed by atoms with Gasteiger partial charge in [-0.15, -0.1) is 0 Å². The number of para-hydroxylation sites is 1. The van der Waals surface area contributed by atoms with Crippen molar-refractivity contribution in [2.75, 3.05) is 17.4 Å². The molecule has 0 fully saturated rings. The van der Waals surface area contributed by atoms with Gasteiger partial charge >= 0.3 is 0 Å². The predicted molar refractivity (Wildman–Crippen MR) is 171 cm³/mol. The number of halogens is 1. The summed E-state index contributed by atoms with van der Waals surface area (Å²) in [5, 5.41) is 3.43. The van der Waals surface area contributed by atoms with Crippen LogP contribution in [0.1, 0.15) is 30.0 Å². The molecule has 0 bridgehead atoms. The molecule has 43 heavy (non-hydrogen) atoms. The number of rotatable bonds is 13. The van der Waals surface area contributed by atoms with Crippen LogP contribution >= 0.6 is 11.6 Å². The van der Waals surface area contributed by atoms with Crippen molar-refractivity contribution in [3.8, 4) is 0 Å². The van der Waals surface area contributed by atoms with Gasteiger partial charge in [-0.25, -0.2) is 8.42 Å². The topological polar surface area (TPSA) is 86.8 Å². The van der Waals surface area contributed by atoms with E-state index >= 15 is 0 Å². The summed E-state index contributed by atoms with van der Waals surface area (Å²) in [5.74, 6) is -0.833. The minimum Gasteiger partial charge on any atom is -0.354 e. The van der Waals surface area contributed by atoms with Crippen LogP contribution in [-0.2, 0) is 32.6 Å². The van der Waals surface area contributed by atoms with Gasteiger partial charge in [0, 0.05) is 24.5 Å². The Labute approximate surface area is 259 Å². The number of anilines is 1. The van der Waals surface area contributed by atoms with Crippen LogP contribution in [0, 0.1) is 6.92 Å². The lowest BCUT2D eigenvalue weighted by Crippen LogP contribution is -2.53. The van der Waals surface area contributed by atoms with Crippen LogP contribution in [0.4, 0.5) is 5.69 Å². The Kier molecular flexibility index (Phi) is 11.0. The number of sulfonamides is 1. The lowest BCUT2D eigenvalue weighted by atomic mass is 10.0. The van der Waals surface area contributed by atoms with Crippen LogP contribution < -0.4 is 9.62 Å². The first-order valence-corrected chi connectivity index (χ1v) is 16.0. The number of carbonyl (C=O) groups is 2. The zero-order valence-corrected chi connectivity index (χ0v) is 25.9. The second-order valence-electron chi connectivity index (χ2n) is 10.3. The Hall–Kier alpha value is -4.14. The summed E-state index contributed by atoms with van der Waals surface area (Å²) in [6, 6.07) is 30.7. The number of benzene rings is 4. The van der Waals surface area contributed by atoms with Gasteiger partial charge in [0.25, 0.3) is 10.0 Å². The highest BCUT2D eigenvalue weighted by atomic mass is 35.5. The van der Waals surface area contributed by atoms with Crippen molar-refractivity contribution in [1.29, 1.82) is 0 Å².